The highest BCUT2D eigenvalue weighted by atomic mass is 79.9. The summed E-state index contributed by atoms with van der Waals surface area (Å²) in [7, 11) is 0. The number of anilines is 1. The van der Waals surface area contributed by atoms with Crippen LogP contribution in [-0.2, 0) is 17.4 Å². The smallest absolute Gasteiger partial charge is 0.311 e. The number of amides is 1. The predicted octanol–water partition coefficient (Wildman–Crippen LogP) is 5.68. The Kier molecular flexibility index (Phi) is 6.50. The van der Waals surface area contributed by atoms with Crippen LogP contribution in [0.3, 0.4) is 0 Å². The van der Waals surface area contributed by atoms with E-state index < -0.39 is 11.7 Å². The van der Waals surface area contributed by atoms with Crippen molar-refractivity contribution in [2.45, 2.75) is 38.2 Å². The van der Waals surface area contributed by atoms with Crippen molar-refractivity contribution in [2.24, 2.45) is 0 Å². The first kappa shape index (κ1) is 20.5. The Balaban J connectivity index is 2.19. The molecular formula is C20H21BrF3NO. The highest BCUT2D eigenvalue weighted by molar-refractivity contribution is 9.10. The molecule has 0 aliphatic rings. The summed E-state index contributed by atoms with van der Waals surface area (Å²) < 4.78 is 38.0. The zero-order valence-electron chi connectivity index (χ0n) is 14.9. The van der Waals surface area contributed by atoms with Crippen LogP contribution in [0.15, 0.2) is 42.5 Å². The van der Waals surface area contributed by atoms with Crippen molar-refractivity contribution < 1.29 is 18.0 Å². The van der Waals surface area contributed by atoms with Crippen LogP contribution in [0.5, 0.6) is 0 Å². The van der Waals surface area contributed by atoms with Crippen LogP contribution in [0.1, 0.15) is 29.2 Å². The number of carbonyl (C=O) groups excluding carboxylic acids is 1. The first-order valence-electron chi connectivity index (χ1n) is 8.28. The van der Waals surface area contributed by atoms with Gasteiger partial charge in [0.05, 0.1) is 10.4 Å². The lowest BCUT2D eigenvalue weighted by Gasteiger charge is -2.25. The fraction of sp³-hybridized carbons (Fsp3) is 0.350. The molecule has 0 saturated carbocycles. The van der Waals surface area contributed by atoms with E-state index in [4.69, 9.17) is 0 Å². The second-order valence-electron chi connectivity index (χ2n) is 6.32. The molecule has 0 aromatic heterocycles. The number of hydrogen-bond donors (Lipinski definition) is 0. The molecule has 2 rings (SSSR count). The molecule has 2 nitrogen and oxygen atoms in total. The van der Waals surface area contributed by atoms with Gasteiger partial charge in [-0.3, -0.25) is 4.79 Å². The van der Waals surface area contributed by atoms with Gasteiger partial charge in [-0.2, -0.15) is 13.2 Å². The lowest BCUT2D eigenvalue weighted by molar-refractivity contribution is -0.137. The summed E-state index contributed by atoms with van der Waals surface area (Å²) in [6.45, 7) is 6.13. The number of benzene rings is 2. The van der Waals surface area contributed by atoms with Crippen molar-refractivity contribution in [3.8, 4) is 0 Å². The summed E-state index contributed by atoms with van der Waals surface area (Å²) in [6, 6.07) is 10.9. The van der Waals surface area contributed by atoms with Gasteiger partial charge in [0.2, 0.25) is 5.91 Å². The number of rotatable bonds is 5. The minimum Gasteiger partial charge on any atom is -0.311 e. The molecule has 0 aliphatic carbocycles. The van der Waals surface area contributed by atoms with Gasteiger partial charge >= 0.3 is 6.18 Å². The molecule has 0 unspecified atom stereocenters. The number of hydrogen-bond acceptors (Lipinski definition) is 1. The second-order valence-corrected chi connectivity index (χ2v) is 7.69. The summed E-state index contributed by atoms with van der Waals surface area (Å²) in [5, 5.41) is 0. The average Bonchev–Trinajstić information content (AvgIpc) is 2.57. The topological polar surface area (TPSA) is 20.3 Å². The minimum absolute atomic E-state index is 0.0832. The largest absolute Gasteiger partial charge is 0.416 e. The van der Waals surface area contributed by atoms with E-state index in [2.05, 4.69) is 15.9 Å². The van der Waals surface area contributed by atoms with E-state index in [9.17, 15) is 18.0 Å². The molecule has 0 aliphatic heterocycles. The third-order valence-corrected chi connectivity index (χ3v) is 4.71. The van der Waals surface area contributed by atoms with Gasteiger partial charge in [0.15, 0.2) is 0 Å². The molecule has 1 atom stereocenters. The van der Waals surface area contributed by atoms with Crippen molar-refractivity contribution in [3.05, 3.63) is 64.7 Å². The van der Waals surface area contributed by atoms with E-state index in [1.807, 2.05) is 32.0 Å². The van der Waals surface area contributed by atoms with Crippen LogP contribution in [0.2, 0.25) is 0 Å². The maximum Gasteiger partial charge on any atom is 0.416 e. The van der Waals surface area contributed by atoms with Crippen LogP contribution in [0.4, 0.5) is 18.9 Å². The number of nitrogens with zero attached hydrogens (tertiary/aromatic N) is 1. The number of halogens is 4. The Labute approximate surface area is 160 Å². The molecule has 2 aromatic rings. The molecule has 0 N–H and O–H groups in total. The minimum atomic E-state index is -4.34. The second kappa shape index (κ2) is 8.25. The molecule has 2 aromatic carbocycles. The van der Waals surface area contributed by atoms with Crippen molar-refractivity contribution in [2.75, 3.05) is 11.4 Å². The Morgan fingerprint density at radius 1 is 1.08 bits per heavy atom. The predicted molar refractivity (Wildman–Crippen MR) is 102 cm³/mol. The lowest BCUT2D eigenvalue weighted by atomic mass is 10.1. The van der Waals surface area contributed by atoms with E-state index in [1.165, 1.54) is 12.1 Å². The zero-order valence-corrected chi connectivity index (χ0v) is 16.5. The third kappa shape index (κ3) is 5.10. The van der Waals surface area contributed by atoms with Crippen molar-refractivity contribution in [1.82, 2.24) is 0 Å². The number of aryl methyl sites for hydroxylation is 2. The SMILES string of the molecule is Cc1ccc(N(CCc2ccc(C(F)(F)F)cc2)C(=O)[C@H](C)Br)cc1C. The van der Waals surface area contributed by atoms with E-state index in [0.29, 0.717) is 13.0 Å². The molecule has 1 amide bonds. The standard InChI is InChI=1S/C20H21BrF3NO/c1-13-4-9-18(12-14(13)2)25(19(26)15(3)21)11-10-16-5-7-17(8-6-16)20(22,23)24/h4-9,12,15H,10-11H2,1-3H3/t15-/m0/s1. The summed E-state index contributed by atoms with van der Waals surface area (Å²) in [5.41, 5.74) is 3.09. The van der Waals surface area contributed by atoms with Gasteiger partial charge in [-0.1, -0.05) is 34.1 Å². The Hall–Kier alpha value is -1.82. The van der Waals surface area contributed by atoms with Crippen molar-refractivity contribution >= 4 is 27.5 Å². The normalized spacial score (nSPS) is 12.7. The highest BCUT2D eigenvalue weighted by Crippen LogP contribution is 2.29. The van der Waals surface area contributed by atoms with E-state index >= 15 is 0 Å². The van der Waals surface area contributed by atoms with E-state index in [1.54, 1.807) is 11.8 Å². The molecule has 6 heteroatoms. The fourth-order valence-corrected chi connectivity index (χ4v) is 2.82. The van der Waals surface area contributed by atoms with Crippen LogP contribution < -0.4 is 4.90 Å². The molecule has 140 valence electrons. The lowest BCUT2D eigenvalue weighted by Crippen LogP contribution is -2.37. The van der Waals surface area contributed by atoms with Crippen LogP contribution in [-0.4, -0.2) is 17.3 Å². The Morgan fingerprint density at radius 2 is 1.69 bits per heavy atom. The van der Waals surface area contributed by atoms with Gasteiger partial charge in [-0.15, -0.1) is 0 Å². The molecule has 0 heterocycles. The van der Waals surface area contributed by atoms with Crippen molar-refractivity contribution in [3.63, 3.8) is 0 Å². The molecule has 0 radical (unpaired) electrons. The molecule has 26 heavy (non-hydrogen) atoms. The van der Waals surface area contributed by atoms with Crippen LogP contribution in [0.25, 0.3) is 0 Å². The first-order valence-corrected chi connectivity index (χ1v) is 9.20. The Morgan fingerprint density at radius 3 is 2.19 bits per heavy atom. The van der Waals surface area contributed by atoms with E-state index in [0.717, 1.165) is 34.5 Å². The van der Waals surface area contributed by atoms with Gasteiger partial charge < -0.3 is 4.90 Å². The van der Waals surface area contributed by atoms with Crippen LogP contribution in [0, 0.1) is 13.8 Å². The van der Waals surface area contributed by atoms with Crippen molar-refractivity contribution in [1.29, 1.82) is 0 Å². The first-order chi connectivity index (χ1) is 12.1. The number of alkyl halides is 4. The summed E-state index contributed by atoms with van der Waals surface area (Å²) in [5.74, 6) is -0.0832. The van der Waals surface area contributed by atoms with Gasteiger partial charge in [0.25, 0.3) is 0 Å². The monoisotopic (exact) mass is 427 g/mol. The quantitative estimate of drug-likeness (QED) is 0.561. The summed E-state index contributed by atoms with van der Waals surface area (Å²) in [4.78, 5) is 13.9. The average molecular weight is 428 g/mol. The van der Waals surface area contributed by atoms with Gasteiger partial charge in [0.1, 0.15) is 0 Å². The summed E-state index contributed by atoms with van der Waals surface area (Å²) in [6.07, 6.45) is -3.87. The summed E-state index contributed by atoms with van der Waals surface area (Å²) >= 11 is 3.31. The maximum absolute atomic E-state index is 12.7. The third-order valence-electron chi connectivity index (χ3n) is 4.31. The molecule has 0 fully saturated rings. The molecule has 0 bridgehead atoms. The maximum atomic E-state index is 12.7. The van der Waals surface area contributed by atoms with Gasteiger partial charge in [-0.25, -0.2) is 0 Å². The van der Waals surface area contributed by atoms with Gasteiger partial charge in [-0.05, 0) is 68.1 Å². The zero-order chi connectivity index (χ0) is 19.5. The Bertz CT molecular complexity index is 770. The molecular weight excluding hydrogens is 407 g/mol. The van der Waals surface area contributed by atoms with Gasteiger partial charge in [0, 0.05) is 12.2 Å². The number of carbonyl (C=O) groups is 1. The molecule has 0 saturated heterocycles. The fourth-order valence-electron chi connectivity index (χ4n) is 2.58. The highest BCUT2D eigenvalue weighted by Gasteiger charge is 2.30. The van der Waals surface area contributed by atoms with E-state index in [-0.39, 0.29) is 10.7 Å². The molecule has 0 spiro atoms. The van der Waals surface area contributed by atoms with Crippen LogP contribution >= 0.6 is 15.9 Å².